The maximum absolute atomic E-state index is 11.7. The molecule has 0 aliphatic carbocycles. The number of carboxylic acids is 1. The second kappa shape index (κ2) is 20.6. The molecule has 0 aliphatic rings. The Morgan fingerprint density at radius 3 is 1.53 bits per heavy atom. The van der Waals surface area contributed by atoms with Gasteiger partial charge in [-0.3, -0.25) is 4.57 Å². The summed E-state index contributed by atoms with van der Waals surface area (Å²) in [5, 5.41) is 8.94. The van der Waals surface area contributed by atoms with Crippen molar-refractivity contribution in [1.82, 2.24) is 0 Å². The van der Waals surface area contributed by atoms with Crippen LogP contribution in [0.5, 0.6) is 0 Å². The van der Waals surface area contributed by atoms with Crippen LogP contribution in [0.2, 0.25) is 0 Å². The number of phosphoric acid groups is 1. The third-order valence-corrected chi connectivity index (χ3v) is 7.82. The van der Waals surface area contributed by atoms with Crippen LogP contribution in [0.1, 0.15) is 119 Å². The van der Waals surface area contributed by atoms with Crippen LogP contribution in [-0.4, -0.2) is 56.5 Å². The first-order valence-corrected chi connectivity index (χ1v) is 16.3. The summed E-state index contributed by atoms with van der Waals surface area (Å²) in [4.78, 5) is 22.6. The van der Waals surface area contributed by atoms with Crippen molar-refractivity contribution in [3.63, 3.8) is 0 Å². The summed E-state index contributed by atoms with van der Waals surface area (Å²) in [6.07, 6.45) is 20.7. The maximum atomic E-state index is 11.7. The van der Waals surface area contributed by atoms with Crippen molar-refractivity contribution in [2.24, 2.45) is 0 Å². The van der Waals surface area contributed by atoms with Gasteiger partial charge in [0.05, 0.1) is 33.3 Å². The Morgan fingerprint density at radius 1 is 0.711 bits per heavy atom. The SMILES string of the molecule is C[N+](C)(C)CCOP(=O)([O-])OCCCCCCCCCCCCCCCCCCc1ccc(C(=O)O)cc1. The predicted octanol–water partition coefficient (Wildman–Crippen LogP) is 7.38. The van der Waals surface area contributed by atoms with Crippen molar-refractivity contribution in [2.75, 3.05) is 40.9 Å². The molecular weight excluding hydrogens is 501 g/mol. The Morgan fingerprint density at radius 2 is 1.11 bits per heavy atom. The number of aromatic carboxylic acids is 1. The molecule has 220 valence electrons. The third-order valence-electron chi connectivity index (χ3n) is 6.82. The molecule has 1 unspecified atom stereocenters. The Labute approximate surface area is 232 Å². The van der Waals surface area contributed by atoms with Gasteiger partial charge in [0.25, 0.3) is 7.82 Å². The van der Waals surface area contributed by atoms with Crippen LogP contribution >= 0.6 is 7.82 Å². The highest BCUT2D eigenvalue weighted by atomic mass is 31.2. The summed E-state index contributed by atoms with van der Waals surface area (Å²) < 4.78 is 22.2. The van der Waals surface area contributed by atoms with E-state index >= 15 is 0 Å². The van der Waals surface area contributed by atoms with Crippen molar-refractivity contribution < 1.29 is 32.9 Å². The first-order valence-electron chi connectivity index (χ1n) is 14.8. The zero-order valence-corrected chi connectivity index (χ0v) is 25.2. The third kappa shape index (κ3) is 20.7. The molecule has 8 heteroatoms. The van der Waals surface area contributed by atoms with E-state index in [4.69, 9.17) is 14.2 Å². The number of carboxylic acid groups (broad SMARTS) is 1. The first-order chi connectivity index (χ1) is 18.1. The molecule has 1 aromatic carbocycles. The van der Waals surface area contributed by atoms with Gasteiger partial charge in [0, 0.05) is 0 Å². The first kappa shape index (κ1) is 34.8. The number of nitrogens with zero attached hydrogens (tertiary/aromatic N) is 1. The average molecular weight is 556 g/mol. The highest BCUT2D eigenvalue weighted by Crippen LogP contribution is 2.38. The maximum Gasteiger partial charge on any atom is 0.335 e. The van der Waals surface area contributed by atoms with E-state index < -0.39 is 13.8 Å². The molecule has 0 amide bonds. The molecule has 0 fully saturated rings. The number of aryl methyl sites for hydroxylation is 1. The number of rotatable bonds is 25. The van der Waals surface area contributed by atoms with Crippen molar-refractivity contribution in [3.8, 4) is 0 Å². The summed E-state index contributed by atoms with van der Waals surface area (Å²) >= 11 is 0. The lowest BCUT2D eigenvalue weighted by molar-refractivity contribution is -0.870. The Hall–Kier alpha value is -1.24. The summed E-state index contributed by atoms with van der Waals surface area (Å²) in [7, 11) is 1.81. The summed E-state index contributed by atoms with van der Waals surface area (Å²) in [5.74, 6) is -0.863. The van der Waals surface area contributed by atoms with Crippen LogP contribution in [0.25, 0.3) is 0 Å². The number of carbonyl (C=O) groups is 1. The van der Waals surface area contributed by atoms with Crippen molar-refractivity contribution in [3.05, 3.63) is 35.4 Å². The average Bonchev–Trinajstić information content (AvgIpc) is 2.84. The standard InChI is InChI=1S/C30H54NO6P/c1-31(2,3)25-27-37-38(34,35)36-26-19-17-15-13-11-9-7-5-4-6-8-10-12-14-16-18-20-28-21-23-29(24-22-28)30(32)33/h21-24H,4-20,25-27H2,1-3H3,(H-,32,33,34,35). The van der Waals surface area contributed by atoms with Gasteiger partial charge in [0.2, 0.25) is 0 Å². The second-order valence-corrected chi connectivity index (χ2v) is 12.9. The van der Waals surface area contributed by atoms with E-state index in [1.54, 1.807) is 12.1 Å². The molecular formula is C30H54NO6P. The molecule has 0 bridgehead atoms. The molecule has 0 spiro atoms. The van der Waals surface area contributed by atoms with Gasteiger partial charge in [-0.2, -0.15) is 0 Å². The molecule has 1 rings (SSSR count). The van der Waals surface area contributed by atoms with Gasteiger partial charge in [-0.1, -0.05) is 102 Å². The van der Waals surface area contributed by atoms with E-state index in [0.29, 0.717) is 16.6 Å². The molecule has 38 heavy (non-hydrogen) atoms. The fourth-order valence-corrected chi connectivity index (χ4v) is 5.09. The summed E-state index contributed by atoms with van der Waals surface area (Å²) in [6.45, 7) is 0.991. The zero-order chi connectivity index (χ0) is 28.1. The van der Waals surface area contributed by atoms with E-state index in [2.05, 4.69) is 0 Å². The van der Waals surface area contributed by atoms with Crippen molar-refractivity contribution in [1.29, 1.82) is 0 Å². The van der Waals surface area contributed by atoms with Crippen molar-refractivity contribution >= 4 is 13.8 Å². The molecule has 1 aromatic rings. The monoisotopic (exact) mass is 555 g/mol. The molecule has 0 saturated carbocycles. The molecule has 1 N–H and O–H groups in total. The van der Waals surface area contributed by atoms with Gasteiger partial charge in [-0.05, 0) is 37.0 Å². The van der Waals surface area contributed by atoms with E-state index in [-0.39, 0.29) is 13.2 Å². The van der Waals surface area contributed by atoms with Gasteiger partial charge in [-0.15, -0.1) is 0 Å². The Bertz CT molecular complexity index is 778. The molecule has 7 nitrogen and oxygen atoms in total. The smallest absolute Gasteiger partial charge is 0.335 e. The highest BCUT2D eigenvalue weighted by molar-refractivity contribution is 7.45. The quantitative estimate of drug-likeness (QED) is 0.0768. The zero-order valence-electron chi connectivity index (χ0n) is 24.3. The highest BCUT2D eigenvalue weighted by Gasteiger charge is 2.13. The molecule has 0 aliphatic heterocycles. The second-order valence-electron chi connectivity index (χ2n) is 11.5. The lowest BCUT2D eigenvalue weighted by Crippen LogP contribution is -2.37. The number of unbranched alkanes of at least 4 members (excludes halogenated alkanes) is 15. The van der Waals surface area contributed by atoms with E-state index in [1.807, 2.05) is 33.3 Å². The van der Waals surface area contributed by atoms with Crippen LogP contribution < -0.4 is 4.89 Å². The fourth-order valence-electron chi connectivity index (χ4n) is 4.36. The van der Waals surface area contributed by atoms with Gasteiger partial charge in [0.15, 0.2) is 0 Å². The Kier molecular flexibility index (Phi) is 18.9. The van der Waals surface area contributed by atoms with E-state index in [9.17, 15) is 14.3 Å². The van der Waals surface area contributed by atoms with E-state index in [0.717, 1.165) is 25.7 Å². The van der Waals surface area contributed by atoms with Crippen LogP contribution in [0.15, 0.2) is 24.3 Å². The summed E-state index contributed by atoms with van der Waals surface area (Å²) in [6, 6.07) is 7.26. The lowest BCUT2D eigenvalue weighted by atomic mass is 10.0. The van der Waals surface area contributed by atoms with Crippen LogP contribution in [0.3, 0.4) is 0 Å². The summed E-state index contributed by atoms with van der Waals surface area (Å²) in [5.41, 5.74) is 1.59. The number of benzene rings is 1. The van der Waals surface area contributed by atoms with Gasteiger partial charge in [-0.25, -0.2) is 4.79 Å². The number of phosphoric ester groups is 1. The van der Waals surface area contributed by atoms with E-state index in [1.165, 1.54) is 89.0 Å². The molecule has 0 aromatic heterocycles. The predicted molar refractivity (Wildman–Crippen MR) is 153 cm³/mol. The molecule has 1 atom stereocenters. The van der Waals surface area contributed by atoms with Gasteiger partial charge in [0.1, 0.15) is 13.2 Å². The minimum Gasteiger partial charge on any atom is -0.756 e. The number of hydrogen-bond acceptors (Lipinski definition) is 5. The number of hydrogen-bond donors (Lipinski definition) is 1. The number of quaternary nitrogens is 1. The van der Waals surface area contributed by atoms with Crippen LogP contribution in [0, 0.1) is 0 Å². The van der Waals surface area contributed by atoms with Crippen LogP contribution in [0.4, 0.5) is 0 Å². The molecule has 0 radical (unpaired) electrons. The lowest BCUT2D eigenvalue weighted by Gasteiger charge is -2.27. The fraction of sp³-hybridized carbons (Fsp3) is 0.767. The van der Waals surface area contributed by atoms with Gasteiger partial charge >= 0.3 is 5.97 Å². The Balaban J connectivity index is 1.79. The number of likely N-dealkylation sites (N-methyl/N-ethyl adjacent to an activating group) is 1. The van der Waals surface area contributed by atoms with Crippen LogP contribution in [-0.2, 0) is 20.0 Å². The van der Waals surface area contributed by atoms with Crippen molar-refractivity contribution in [2.45, 2.75) is 109 Å². The largest absolute Gasteiger partial charge is 0.756 e. The topological polar surface area (TPSA) is 95.9 Å². The molecule has 0 saturated heterocycles. The van der Waals surface area contributed by atoms with Gasteiger partial charge < -0.3 is 23.5 Å². The minimum absolute atomic E-state index is 0.154. The molecule has 0 heterocycles. The minimum atomic E-state index is -4.16. The normalized spacial score (nSPS) is 13.5.